The average Bonchev–Trinajstić information content (AvgIpc) is 2.77. The Morgan fingerprint density at radius 1 is 1.12 bits per heavy atom. The molecule has 0 spiro atoms. The van der Waals surface area contributed by atoms with Crippen LogP contribution in [0.1, 0.15) is 35.7 Å². The van der Waals surface area contributed by atoms with Crippen molar-refractivity contribution in [2.24, 2.45) is 0 Å². The van der Waals surface area contributed by atoms with Crippen molar-refractivity contribution in [3.05, 3.63) is 83.0 Å². The van der Waals surface area contributed by atoms with Crippen LogP contribution in [0.25, 0.3) is 0 Å². The van der Waals surface area contributed by atoms with Gasteiger partial charge in [-0.05, 0) is 30.2 Å². The first kappa shape index (κ1) is 23.6. The van der Waals surface area contributed by atoms with Gasteiger partial charge in [0.15, 0.2) is 0 Å². The van der Waals surface area contributed by atoms with E-state index in [0.717, 1.165) is 18.4 Å². The van der Waals surface area contributed by atoms with E-state index < -0.39 is 16.0 Å². The van der Waals surface area contributed by atoms with E-state index in [1.807, 2.05) is 35.2 Å². The first-order chi connectivity index (χ1) is 15.3. The number of pyridine rings is 1. The molecular weight excluding hydrogens is 450 g/mol. The second-order valence-corrected chi connectivity index (χ2v) is 9.25. The average molecular weight is 474 g/mol. The molecule has 3 rings (SSSR count). The van der Waals surface area contributed by atoms with Crippen LogP contribution in [0.5, 0.6) is 0 Å². The fraction of sp³-hybridized carbons (Fsp3) is 0.217. The predicted octanol–water partition coefficient (Wildman–Crippen LogP) is 5.04. The fourth-order valence-electron chi connectivity index (χ4n) is 3.21. The van der Waals surface area contributed by atoms with E-state index in [1.54, 1.807) is 12.1 Å². The van der Waals surface area contributed by atoms with Gasteiger partial charge in [-0.25, -0.2) is 18.2 Å². The SMILES string of the molecule is CCCCN(Cc1ccccc1)c1ncc(NS(=O)(=O)c2ccccc2Cl)cc1C(=O)O. The van der Waals surface area contributed by atoms with Crippen molar-refractivity contribution in [3.8, 4) is 0 Å². The number of carboxylic acid groups (broad SMARTS) is 1. The van der Waals surface area contributed by atoms with E-state index in [9.17, 15) is 18.3 Å². The number of hydrogen-bond acceptors (Lipinski definition) is 5. The third-order valence-electron chi connectivity index (χ3n) is 4.77. The van der Waals surface area contributed by atoms with Crippen LogP contribution < -0.4 is 9.62 Å². The molecule has 168 valence electrons. The maximum absolute atomic E-state index is 12.7. The lowest BCUT2D eigenvalue weighted by atomic mass is 10.1. The highest BCUT2D eigenvalue weighted by molar-refractivity contribution is 7.92. The molecule has 2 aromatic carbocycles. The summed E-state index contributed by atoms with van der Waals surface area (Å²) in [5.41, 5.74) is 0.975. The van der Waals surface area contributed by atoms with Gasteiger partial charge in [-0.15, -0.1) is 0 Å². The van der Waals surface area contributed by atoms with Gasteiger partial charge >= 0.3 is 5.97 Å². The van der Waals surface area contributed by atoms with Gasteiger partial charge in [0.1, 0.15) is 16.3 Å². The molecule has 1 aromatic heterocycles. The molecule has 2 N–H and O–H groups in total. The molecule has 0 bridgehead atoms. The minimum atomic E-state index is -4.01. The predicted molar refractivity (Wildman–Crippen MR) is 126 cm³/mol. The molecule has 0 unspecified atom stereocenters. The van der Waals surface area contributed by atoms with Gasteiger partial charge in [0.05, 0.1) is 16.9 Å². The van der Waals surface area contributed by atoms with Crippen molar-refractivity contribution in [2.45, 2.75) is 31.2 Å². The molecule has 7 nitrogen and oxygen atoms in total. The van der Waals surface area contributed by atoms with Crippen molar-refractivity contribution >= 4 is 39.1 Å². The maximum Gasteiger partial charge on any atom is 0.339 e. The Bertz CT molecular complexity index is 1190. The van der Waals surface area contributed by atoms with Crippen LogP contribution in [-0.4, -0.2) is 31.0 Å². The molecule has 0 saturated carbocycles. The first-order valence-corrected chi connectivity index (χ1v) is 12.0. The number of benzene rings is 2. The van der Waals surface area contributed by atoms with Crippen molar-refractivity contribution in [3.63, 3.8) is 0 Å². The Labute approximate surface area is 192 Å². The molecule has 0 aliphatic heterocycles. The van der Waals surface area contributed by atoms with E-state index in [2.05, 4.69) is 16.6 Å². The minimum absolute atomic E-state index is 0.0428. The summed E-state index contributed by atoms with van der Waals surface area (Å²) < 4.78 is 27.8. The first-order valence-electron chi connectivity index (χ1n) is 10.1. The Kier molecular flexibility index (Phi) is 7.71. The Balaban J connectivity index is 1.95. The van der Waals surface area contributed by atoms with Gasteiger partial charge in [-0.2, -0.15) is 0 Å². The number of nitrogens with one attached hydrogen (secondary N) is 1. The summed E-state index contributed by atoms with van der Waals surface area (Å²) in [5.74, 6) is -0.906. The number of sulfonamides is 1. The number of unbranched alkanes of at least 4 members (excludes halogenated alkanes) is 1. The van der Waals surface area contributed by atoms with E-state index >= 15 is 0 Å². The van der Waals surface area contributed by atoms with Crippen molar-refractivity contribution in [2.75, 3.05) is 16.2 Å². The zero-order valence-electron chi connectivity index (χ0n) is 17.5. The summed E-state index contributed by atoms with van der Waals surface area (Å²) in [6.45, 7) is 3.15. The summed E-state index contributed by atoms with van der Waals surface area (Å²) >= 11 is 6.01. The van der Waals surface area contributed by atoms with Crippen LogP contribution in [0.3, 0.4) is 0 Å². The van der Waals surface area contributed by atoms with Gasteiger partial charge in [-0.1, -0.05) is 67.4 Å². The molecule has 1 heterocycles. The highest BCUT2D eigenvalue weighted by Crippen LogP contribution is 2.27. The molecule has 0 radical (unpaired) electrons. The van der Waals surface area contributed by atoms with Gasteiger partial charge in [-0.3, -0.25) is 4.72 Å². The van der Waals surface area contributed by atoms with Gasteiger partial charge in [0.2, 0.25) is 0 Å². The molecule has 3 aromatic rings. The van der Waals surface area contributed by atoms with Crippen molar-refractivity contribution in [1.82, 2.24) is 4.98 Å². The van der Waals surface area contributed by atoms with E-state index in [0.29, 0.717) is 13.1 Å². The molecule has 0 aliphatic rings. The number of halogens is 1. The monoisotopic (exact) mass is 473 g/mol. The normalized spacial score (nSPS) is 11.2. The number of rotatable bonds is 10. The van der Waals surface area contributed by atoms with Crippen molar-refractivity contribution in [1.29, 1.82) is 0 Å². The Morgan fingerprint density at radius 2 is 1.81 bits per heavy atom. The lowest BCUT2D eigenvalue weighted by Gasteiger charge is -2.25. The largest absolute Gasteiger partial charge is 0.478 e. The number of anilines is 2. The maximum atomic E-state index is 12.7. The smallest absolute Gasteiger partial charge is 0.339 e. The van der Waals surface area contributed by atoms with Crippen LogP contribution in [0, 0.1) is 0 Å². The van der Waals surface area contributed by atoms with Crippen LogP contribution in [0.15, 0.2) is 71.8 Å². The van der Waals surface area contributed by atoms with Gasteiger partial charge in [0, 0.05) is 13.1 Å². The standard InChI is InChI=1S/C23H24ClN3O4S/c1-2-3-13-27(16-17-9-5-4-6-10-17)22-19(23(28)29)14-18(15-25-22)26-32(30,31)21-12-8-7-11-20(21)24/h4-12,14-15,26H,2-3,13,16H2,1H3,(H,28,29). The van der Waals surface area contributed by atoms with Gasteiger partial charge < -0.3 is 10.0 Å². The highest BCUT2D eigenvalue weighted by Gasteiger charge is 2.22. The van der Waals surface area contributed by atoms with Crippen LogP contribution in [0.2, 0.25) is 5.02 Å². The number of hydrogen-bond donors (Lipinski definition) is 2. The molecular formula is C23H24ClN3O4S. The summed E-state index contributed by atoms with van der Waals surface area (Å²) in [6.07, 6.45) is 3.11. The fourth-order valence-corrected chi connectivity index (χ4v) is 4.76. The summed E-state index contributed by atoms with van der Waals surface area (Å²) in [7, 11) is -4.01. The molecule has 0 atom stereocenters. The van der Waals surface area contributed by atoms with E-state index in [1.165, 1.54) is 24.4 Å². The highest BCUT2D eigenvalue weighted by atomic mass is 35.5. The topological polar surface area (TPSA) is 99.6 Å². The Hall–Kier alpha value is -3.10. The van der Waals surface area contributed by atoms with Gasteiger partial charge in [0.25, 0.3) is 10.0 Å². The number of carbonyl (C=O) groups is 1. The second kappa shape index (κ2) is 10.5. The number of aromatic carboxylic acids is 1. The van der Waals surface area contributed by atoms with Crippen molar-refractivity contribution < 1.29 is 18.3 Å². The summed E-state index contributed by atoms with van der Waals surface area (Å²) in [5, 5.41) is 9.89. The zero-order valence-corrected chi connectivity index (χ0v) is 19.1. The van der Waals surface area contributed by atoms with E-state index in [4.69, 9.17) is 11.6 Å². The second-order valence-electron chi connectivity index (χ2n) is 7.20. The molecule has 0 aliphatic carbocycles. The number of aromatic nitrogens is 1. The third kappa shape index (κ3) is 5.77. The molecule has 32 heavy (non-hydrogen) atoms. The molecule has 9 heteroatoms. The molecule has 0 amide bonds. The third-order valence-corrected chi connectivity index (χ3v) is 6.65. The van der Waals surface area contributed by atoms with E-state index in [-0.39, 0.29) is 27.0 Å². The summed E-state index contributed by atoms with van der Waals surface area (Å²) in [4.78, 5) is 18.2. The molecule has 0 saturated heterocycles. The lowest BCUT2D eigenvalue weighted by molar-refractivity contribution is 0.0697. The number of carboxylic acids is 1. The van der Waals surface area contributed by atoms with Crippen LogP contribution in [-0.2, 0) is 16.6 Å². The number of nitrogens with zero attached hydrogens (tertiary/aromatic N) is 2. The lowest BCUT2D eigenvalue weighted by Crippen LogP contribution is -2.27. The zero-order chi connectivity index (χ0) is 23.1. The van der Waals surface area contributed by atoms with Crippen LogP contribution >= 0.6 is 11.6 Å². The minimum Gasteiger partial charge on any atom is -0.478 e. The quantitative estimate of drug-likeness (QED) is 0.428. The van der Waals surface area contributed by atoms with Crippen LogP contribution in [0.4, 0.5) is 11.5 Å². The molecule has 0 fully saturated rings. The Morgan fingerprint density at radius 3 is 2.47 bits per heavy atom. The summed E-state index contributed by atoms with van der Waals surface area (Å²) in [6, 6.07) is 17.0.